The van der Waals surface area contributed by atoms with Crippen molar-refractivity contribution < 1.29 is 39.0 Å². The van der Waals surface area contributed by atoms with Gasteiger partial charge in [-0.25, -0.2) is 4.79 Å². The summed E-state index contributed by atoms with van der Waals surface area (Å²) in [6.07, 6.45) is 0.598. The van der Waals surface area contributed by atoms with E-state index >= 15 is 0 Å². The second kappa shape index (κ2) is 14.2. The number of amides is 4. The second-order valence-electron chi connectivity index (χ2n) is 7.35. The summed E-state index contributed by atoms with van der Waals surface area (Å²) in [5, 5.41) is 24.9. The fourth-order valence-corrected chi connectivity index (χ4v) is 2.98. The molecule has 0 aliphatic rings. The molecule has 0 bridgehead atoms. The SMILES string of the molecule is CSCCC(N)C(=O)NC(CC(=O)O)C(=O)NC(CC(N)=O)C(=O)NC(C(=O)O)C(C)C. The van der Waals surface area contributed by atoms with E-state index in [2.05, 4.69) is 16.0 Å². The minimum absolute atomic E-state index is 0.285. The largest absolute Gasteiger partial charge is 0.481 e. The van der Waals surface area contributed by atoms with Gasteiger partial charge in [0.1, 0.15) is 18.1 Å². The van der Waals surface area contributed by atoms with E-state index < -0.39 is 78.5 Å². The molecule has 4 atom stereocenters. The number of rotatable bonds is 15. The molecule has 0 fully saturated rings. The molecule has 182 valence electrons. The molecule has 32 heavy (non-hydrogen) atoms. The number of nitrogens with two attached hydrogens (primary N) is 2. The molecule has 0 aromatic heterocycles. The second-order valence-corrected chi connectivity index (χ2v) is 8.33. The Hall–Kier alpha value is -2.87. The van der Waals surface area contributed by atoms with Gasteiger partial charge >= 0.3 is 11.9 Å². The number of hydrogen-bond donors (Lipinski definition) is 7. The van der Waals surface area contributed by atoms with Gasteiger partial charge in [0.05, 0.1) is 18.9 Å². The standard InChI is InChI=1S/C18H31N5O8S/c1-8(2)14(18(30)31)23-17(29)10(6-12(20)24)22-16(28)11(7-13(25)26)21-15(27)9(19)4-5-32-3/h8-11,14H,4-7,19H2,1-3H3,(H2,20,24)(H,21,27)(H,22,28)(H,23,29)(H,25,26)(H,30,31). The fraction of sp³-hybridized carbons (Fsp3) is 0.667. The Morgan fingerprint density at radius 2 is 1.38 bits per heavy atom. The highest BCUT2D eigenvalue weighted by Crippen LogP contribution is 2.05. The first-order valence-electron chi connectivity index (χ1n) is 9.68. The van der Waals surface area contributed by atoms with E-state index in [4.69, 9.17) is 16.6 Å². The fourth-order valence-electron chi connectivity index (χ4n) is 2.49. The number of carbonyl (C=O) groups is 6. The Kier molecular flexibility index (Phi) is 13.0. The molecular weight excluding hydrogens is 446 g/mol. The zero-order valence-corrected chi connectivity index (χ0v) is 18.9. The van der Waals surface area contributed by atoms with Crippen LogP contribution in [0.3, 0.4) is 0 Å². The Balaban J connectivity index is 5.49. The van der Waals surface area contributed by atoms with E-state index in [9.17, 15) is 33.9 Å². The van der Waals surface area contributed by atoms with Crippen molar-refractivity contribution in [2.75, 3.05) is 12.0 Å². The van der Waals surface area contributed by atoms with Crippen LogP contribution >= 0.6 is 11.8 Å². The van der Waals surface area contributed by atoms with Crippen molar-refractivity contribution in [1.29, 1.82) is 0 Å². The normalized spacial score (nSPS) is 14.5. The molecule has 0 aliphatic heterocycles. The van der Waals surface area contributed by atoms with Gasteiger partial charge < -0.3 is 37.6 Å². The predicted molar refractivity (Wildman–Crippen MR) is 115 cm³/mol. The first-order chi connectivity index (χ1) is 14.8. The quantitative estimate of drug-likeness (QED) is 0.132. The van der Waals surface area contributed by atoms with Crippen LogP contribution in [0.2, 0.25) is 0 Å². The van der Waals surface area contributed by atoms with Crippen LogP contribution in [0.1, 0.15) is 33.1 Å². The molecule has 0 radical (unpaired) electrons. The summed E-state index contributed by atoms with van der Waals surface area (Å²) in [6.45, 7) is 3.08. The maximum absolute atomic E-state index is 12.6. The third-order valence-corrected chi connectivity index (χ3v) is 4.89. The van der Waals surface area contributed by atoms with Crippen LogP contribution in [-0.2, 0) is 28.8 Å². The van der Waals surface area contributed by atoms with Crippen molar-refractivity contribution in [3.8, 4) is 0 Å². The van der Waals surface area contributed by atoms with Gasteiger partial charge in [-0.2, -0.15) is 11.8 Å². The van der Waals surface area contributed by atoms with Crippen LogP contribution in [0, 0.1) is 5.92 Å². The first kappa shape index (κ1) is 29.1. The van der Waals surface area contributed by atoms with Gasteiger partial charge in [0.25, 0.3) is 0 Å². The molecule has 9 N–H and O–H groups in total. The molecule has 0 aromatic carbocycles. The highest BCUT2D eigenvalue weighted by atomic mass is 32.2. The monoisotopic (exact) mass is 477 g/mol. The molecule has 13 nitrogen and oxygen atoms in total. The number of carboxylic acid groups (broad SMARTS) is 2. The van der Waals surface area contributed by atoms with Crippen LogP contribution in [0.4, 0.5) is 0 Å². The maximum atomic E-state index is 12.6. The summed E-state index contributed by atoms with van der Waals surface area (Å²) in [5.41, 5.74) is 10.8. The molecule has 0 aliphatic carbocycles. The number of aliphatic carboxylic acids is 2. The summed E-state index contributed by atoms with van der Waals surface area (Å²) in [4.78, 5) is 71.1. The highest BCUT2D eigenvalue weighted by molar-refractivity contribution is 7.98. The topological polar surface area (TPSA) is 231 Å². The third-order valence-electron chi connectivity index (χ3n) is 4.25. The molecule has 14 heteroatoms. The summed E-state index contributed by atoms with van der Waals surface area (Å²) < 4.78 is 0. The lowest BCUT2D eigenvalue weighted by molar-refractivity contribution is -0.144. The third kappa shape index (κ3) is 10.9. The number of thioether (sulfide) groups is 1. The Morgan fingerprint density at radius 3 is 1.81 bits per heavy atom. The van der Waals surface area contributed by atoms with Gasteiger partial charge in [-0.15, -0.1) is 0 Å². The molecule has 0 saturated carbocycles. The number of nitrogens with one attached hydrogen (secondary N) is 3. The Labute approximate surface area is 189 Å². The summed E-state index contributed by atoms with van der Waals surface area (Å²) in [7, 11) is 0. The van der Waals surface area contributed by atoms with Crippen LogP contribution in [0.25, 0.3) is 0 Å². The van der Waals surface area contributed by atoms with Crippen molar-refractivity contribution in [1.82, 2.24) is 16.0 Å². The molecule has 0 rings (SSSR count). The van der Waals surface area contributed by atoms with Crippen molar-refractivity contribution >= 4 is 47.3 Å². The van der Waals surface area contributed by atoms with E-state index in [-0.39, 0.29) is 6.42 Å². The summed E-state index contributed by atoms with van der Waals surface area (Å²) in [6, 6.07) is -5.47. The highest BCUT2D eigenvalue weighted by Gasteiger charge is 2.32. The predicted octanol–water partition coefficient (Wildman–Crippen LogP) is -2.39. The Morgan fingerprint density at radius 1 is 0.875 bits per heavy atom. The lowest BCUT2D eigenvalue weighted by Gasteiger charge is -2.25. The van der Waals surface area contributed by atoms with Gasteiger partial charge in [0, 0.05) is 0 Å². The average molecular weight is 478 g/mol. The minimum Gasteiger partial charge on any atom is -0.481 e. The molecular formula is C18H31N5O8S. The van der Waals surface area contributed by atoms with Gasteiger partial charge in [-0.05, 0) is 24.3 Å². The van der Waals surface area contributed by atoms with Gasteiger partial charge in [-0.3, -0.25) is 24.0 Å². The lowest BCUT2D eigenvalue weighted by atomic mass is 10.0. The molecule has 4 amide bonds. The Bertz CT molecular complexity index is 717. The van der Waals surface area contributed by atoms with E-state index in [0.717, 1.165) is 0 Å². The van der Waals surface area contributed by atoms with E-state index in [1.807, 2.05) is 6.26 Å². The maximum Gasteiger partial charge on any atom is 0.326 e. The summed E-state index contributed by atoms with van der Waals surface area (Å²) >= 11 is 1.45. The molecule has 0 spiro atoms. The molecule has 0 aromatic rings. The van der Waals surface area contributed by atoms with Crippen molar-refractivity contribution in [2.24, 2.45) is 17.4 Å². The number of hydrogen-bond acceptors (Lipinski definition) is 8. The van der Waals surface area contributed by atoms with Crippen molar-refractivity contribution in [2.45, 2.75) is 57.3 Å². The molecule has 0 saturated heterocycles. The molecule has 0 heterocycles. The lowest BCUT2D eigenvalue weighted by Crippen LogP contribution is -2.58. The van der Waals surface area contributed by atoms with E-state index in [1.54, 1.807) is 13.8 Å². The van der Waals surface area contributed by atoms with Crippen LogP contribution in [0.15, 0.2) is 0 Å². The number of carboxylic acids is 2. The summed E-state index contributed by atoms with van der Waals surface area (Å²) in [5.74, 6) is -6.50. The first-order valence-corrected chi connectivity index (χ1v) is 11.1. The van der Waals surface area contributed by atoms with Crippen LogP contribution in [0.5, 0.6) is 0 Å². The van der Waals surface area contributed by atoms with Gasteiger partial charge in [0.15, 0.2) is 0 Å². The van der Waals surface area contributed by atoms with Gasteiger partial charge in [0.2, 0.25) is 23.6 Å². The van der Waals surface area contributed by atoms with Crippen LogP contribution < -0.4 is 27.4 Å². The minimum atomic E-state index is -1.59. The zero-order chi connectivity index (χ0) is 25.0. The zero-order valence-electron chi connectivity index (χ0n) is 18.1. The van der Waals surface area contributed by atoms with Crippen LogP contribution in [-0.4, -0.2) is 82.0 Å². The van der Waals surface area contributed by atoms with Crippen molar-refractivity contribution in [3.05, 3.63) is 0 Å². The smallest absolute Gasteiger partial charge is 0.326 e. The number of primary amides is 1. The van der Waals surface area contributed by atoms with Crippen molar-refractivity contribution in [3.63, 3.8) is 0 Å². The van der Waals surface area contributed by atoms with E-state index in [1.165, 1.54) is 11.8 Å². The number of carbonyl (C=O) groups excluding carboxylic acids is 4. The van der Waals surface area contributed by atoms with Gasteiger partial charge in [-0.1, -0.05) is 13.8 Å². The molecule has 4 unspecified atom stereocenters. The van der Waals surface area contributed by atoms with E-state index in [0.29, 0.717) is 5.75 Å². The average Bonchev–Trinajstić information content (AvgIpc) is 2.67.